The first-order chi connectivity index (χ1) is 8.13. The number of benzene rings is 1. The average molecular weight is 257 g/mol. The van der Waals surface area contributed by atoms with E-state index in [2.05, 4.69) is 0 Å². The molecule has 0 saturated heterocycles. The lowest BCUT2D eigenvalue weighted by atomic mass is 10.0. The van der Waals surface area contributed by atoms with Gasteiger partial charge in [0.2, 0.25) is 0 Å². The van der Waals surface area contributed by atoms with Gasteiger partial charge < -0.3 is 14.9 Å². The molecule has 0 spiro atoms. The van der Waals surface area contributed by atoms with Crippen LogP contribution in [0.3, 0.4) is 0 Å². The summed E-state index contributed by atoms with van der Waals surface area (Å²) in [6.45, 7) is 0.245. The van der Waals surface area contributed by atoms with Crippen molar-refractivity contribution in [3.8, 4) is 5.75 Å². The van der Waals surface area contributed by atoms with Crippen molar-refractivity contribution in [3.05, 3.63) is 28.8 Å². The maximum atomic E-state index is 10.1. The fourth-order valence-electron chi connectivity index (χ4n) is 2.15. The number of rotatable bonds is 4. The normalized spacial score (nSPS) is 18.3. The molecule has 0 heterocycles. The minimum absolute atomic E-state index is 0.0378. The van der Waals surface area contributed by atoms with Crippen LogP contribution >= 0.6 is 11.6 Å². The van der Waals surface area contributed by atoms with Gasteiger partial charge >= 0.3 is 0 Å². The van der Waals surface area contributed by atoms with Crippen molar-refractivity contribution in [1.29, 1.82) is 0 Å². The standard InChI is InChI=1S/C13H17ClO3/c14-11-7-10(8-15)3-4-12(11)17-9-13(16)5-1-2-6-13/h3-4,7,15-16H,1-2,5-6,8-9H2. The zero-order valence-corrected chi connectivity index (χ0v) is 10.4. The lowest BCUT2D eigenvalue weighted by Crippen LogP contribution is -2.32. The molecule has 0 radical (unpaired) electrons. The second kappa shape index (κ2) is 5.25. The molecular weight excluding hydrogens is 240 g/mol. The Morgan fingerprint density at radius 3 is 2.59 bits per heavy atom. The van der Waals surface area contributed by atoms with E-state index in [-0.39, 0.29) is 13.2 Å². The molecule has 0 bridgehead atoms. The fraction of sp³-hybridized carbons (Fsp3) is 0.538. The molecule has 1 saturated carbocycles. The van der Waals surface area contributed by atoms with Gasteiger partial charge in [-0.3, -0.25) is 0 Å². The Bertz CT molecular complexity index is 386. The molecule has 1 aliphatic rings. The van der Waals surface area contributed by atoms with Crippen LogP contribution in [0.4, 0.5) is 0 Å². The van der Waals surface area contributed by atoms with Crippen LogP contribution in [-0.4, -0.2) is 22.4 Å². The molecule has 1 fully saturated rings. The van der Waals surface area contributed by atoms with Gasteiger partial charge in [0.05, 0.1) is 17.2 Å². The summed E-state index contributed by atoms with van der Waals surface area (Å²) in [6, 6.07) is 5.17. The summed E-state index contributed by atoms with van der Waals surface area (Å²) in [5.41, 5.74) is 0.0563. The van der Waals surface area contributed by atoms with E-state index < -0.39 is 5.60 Å². The Labute approximate surface area is 106 Å². The molecule has 0 atom stereocenters. The molecule has 2 N–H and O–H groups in total. The van der Waals surface area contributed by atoms with Crippen molar-refractivity contribution in [1.82, 2.24) is 0 Å². The maximum absolute atomic E-state index is 10.1. The summed E-state index contributed by atoms with van der Waals surface area (Å²) >= 11 is 6.02. The largest absolute Gasteiger partial charge is 0.489 e. The SMILES string of the molecule is OCc1ccc(OCC2(O)CCCC2)c(Cl)c1. The van der Waals surface area contributed by atoms with Crippen molar-refractivity contribution in [2.24, 2.45) is 0 Å². The molecule has 4 heteroatoms. The number of hydrogen-bond donors (Lipinski definition) is 2. The van der Waals surface area contributed by atoms with Crippen molar-refractivity contribution in [2.75, 3.05) is 6.61 Å². The molecule has 94 valence electrons. The van der Waals surface area contributed by atoms with Gasteiger partial charge in [-0.2, -0.15) is 0 Å². The Hall–Kier alpha value is -0.770. The lowest BCUT2D eigenvalue weighted by molar-refractivity contribution is 0.00143. The van der Waals surface area contributed by atoms with E-state index in [1.54, 1.807) is 18.2 Å². The third-order valence-corrected chi connectivity index (χ3v) is 3.50. The van der Waals surface area contributed by atoms with E-state index in [0.717, 1.165) is 31.2 Å². The molecular formula is C13H17ClO3. The molecule has 0 amide bonds. The highest BCUT2D eigenvalue weighted by molar-refractivity contribution is 6.32. The van der Waals surface area contributed by atoms with Gasteiger partial charge in [0.25, 0.3) is 0 Å². The van der Waals surface area contributed by atoms with E-state index in [1.807, 2.05) is 0 Å². The second-order valence-corrected chi connectivity index (χ2v) is 5.05. The molecule has 2 rings (SSSR count). The molecule has 1 aromatic carbocycles. The predicted molar refractivity (Wildman–Crippen MR) is 66.3 cm³/mol. The molecule has 17 heavy (non-hydrogen) atoms. The van der Waals surface area contributed by atoms with Crippen molar-refractivity contribution in [2.45, 2.75) is 37.9 Å². The van der Waals surface area contributed by atoms with Gasteiger partial charge in [0, 0.05) is 0 Å². The minimum atomic E-state index is -0.695. The molecule has 1 aliphatic carbocycles. The van der Waals surface area contributed by atoms with E-state index in [0.29, 0.717) is 10.8 Å². The lowest BCUT2D eigenvalue weighted by Gasteiger charge is -2.22. The van der Waals surface area contributed by atoms with E-state index >= 15 is 0 Å². The fourth-order valence-corrected chi connectivity index (χ4v) is 2.41. The number of hydrogen-bond acceptors (Lipinski definition) is 3. The van der Waals surface area contributed by atoms with Gasteiger partial charge in [0.1, 0.15) is 12.4 Å². The Balaban J connectivity index is 1.99. The van der Waals surface area contributed by atoms with Crippen LogP contribution < -0.4 is 4.74 Å². The summed E-state index contributed by atoms with van der Waals surface area (Å²) in [5, 5.41) is 19.6. The highest BCUT2D eigenvalue weighted by atomic mass is 35.5. The number of ether oxygens (including phenoxy) is 1. The van der Waals surface area contributed by atoms with Crippen LogP contribution in [0.15, 0.2) is 18.2 Å². The summed E-state index contributed by atoms with van der Waals surface area (Å²) in [6.07, 6.45) is 3.69. The zero-order valence-electron chi connectivity index (χ0n) is 9.66. The van der Waals surface area contributed by atoms with Crippen LogP contribution in [0.1, 0.15) is 31.2 Å². The summed E-state index contributed by atoms with van der Waals surface area (Å²) in [5.74, 6) is 0.559. The Morgan fingerprint density at radius 2 is 2.00 bits per heavy atom. The highest BCUT2D eigenvalue weighted by Crippen LogP contribution is 2.32. The maximum Gasteiger partial charge on any atom is 0.138 e. The number of aliphatic hydroxyl groups excluding tert-OH is 1. The average Bonchev–Trinajstić information content (AvgIpc) is 2.75. The smallest absolute Gasteiger partial charge is 0.138 e. The molecule has 0 aliphatic heterocycles. The summed E-state index contributed by atoms with van der Waals surface area (Å²) in [7, 11) is 0. The molecule has 3 nitrogen and oxygen atoms in total. The van der Waals surface area contributed by atoms with Gasteiger partial charge in [-0.25, -0.2) is 0 Å². The summed E-state index contributed by atoms with van der Waals surface area (Å²) in [4.78, 5) is 0. The van der Waals surface area contributed by atoms with Crippen molar-refractivity contribution < 1.29 is 14.9 Å². The number of halogens is 1. The van der Waals surface area contributed by atoms with Crippen LogP contribution in [0.25, 0.3) is 0 Å². The van der Waals surface area contributed by atoms with Gasteiger partial charge in [0.15, 0.2) is 0 Å². The zero-order chi connectivity index (χ0) is 12.3. The topological polar surface area (TPSA) is 49.7 Å². The Morgan fingerprint density at radius 1 is 1.29 bits per heavy atom. The highest BCUT2D eigenvalue weighted by Gasteiger charge is 2.32. The van der Waals surface area contributed by atoms with E-state index in [9.17, 15) is 5.11 Å². The van der Waals surface area contributed by atoms with Crippen LogP contribution in [0.5, 0.6) is 5.75 Å². The van der Waals surface area contributed by atoms with Crippen molar-refractivity contribution in [3.63, 3.8) is 0 Å². The Kier molecular flexibility index (Phi) is 3.92. The monoisotopic (exact) mass is 256 g/mol. The third-order valence-electron chi connectivity index (χ3n) is 3.21. The molecule has 0 aromatic heterocycles. The van der Waals surface area contributed by atoms with Crippen LogP contribution in [-0.2, 0) is 6.61 Å². The molecule has 0 unspecified atom stereocenters. The number of aliphatic hydroxyl groups is 2. The third kappa shape index (κ3) is 3.12. The van der Waals surface area contributed by atoms with Crippen LogP contribution in [0.2, 0.25) is 5.02 Å². The van der Waals surface area contributed by atoms with Gasteiger partial charge in [-0.1, -0.05) is 30.5 Å². The van der Waals surface area contributed by atoms with Gasteiger partial charge in [-0.15, -0.1) is 0 Å². The first-order valence-electron chi connectivity index (χ1n) is 5.87. The van der Waals surface area contributed by atoms with Gasteiger partial charge in [-0.05, 0) is 30.5 Å². The van der Waals surface area contributed by atoms with Crippen LogP contribution in [0, 0.1) is 0 Å². The predicted octanol–water partition coefficient (Wildman–Crippen LogP) is 2.52. The first kappa shape index (κ1) is 12.7. The summed E-state index contributed by atoms with van der Waals surface area (Å²) < 4.78 is 5.56. The van der Waals surface area contributed by atoms with E-state index in [1.165, 1.54) is 0 Å². The second-order valence-electron chi connectivity index (χ2n) is 4.64. The first-order valence-corrected chi connectivity index (χ1v) is 6.25. The quantitative estimate of drug-likeness (QED) is 0.870. The van der Waals surface area contributed by atoms with E-state index in [4.69, 9.17) is 21.4 Å². The minimum Gasteiger partial charge on any atom is -0.489 e. The van der Waals surface area contributed by atoms with Crippen molar-refractivity contribution >= 4 is 11.6 Å². The molecule has 1 aromatic rings.